The van der Waals surface area contributed by atoms with Gasteiger partial charge in [0, 0.05) is 42.3 Å². The molecule has 0 aliphatic rings. The number of hydrogen-bond acceptors (Lipinski definition) is 8. The molecule has 16 heteroatoms. The molecule has 4 aromatic rings. The molecule has 2 aromatic carbocycles. The predicted molar refractivity (Wildman–Crippen MR) is 196 cm³/mol. The molecule has 0 spiro atoms. The second kappa shape index (κ2) is 16.7. The smallest absolute Gasteiger partial charge is 0.406 e. The summed E-state index contributed by atoms with van der Waals surface area (Å²) in [7, 11) is -3.47. The van der Waals surface area contributed by atoms with Crippen LogP contribution in [0.25, 0.3) is 16.7 Å². The van der Waals surface area contributed by atoms with E-state index < -0.39 is 27.4 Å². The highest BCUT2D eigenvalue weighted by atomic mass is 32.2. The number of nitrogens with two attached hydrogens (primary N) is 3. The van der Waals surface area contributed by atoms with Gasteiger partial charge in [-0.15, -0.1) is 13.2 Å². The topological polar surface area (TPSA) is 196 Å². The minimum absolute atomic E-state index is 0.0345. The molecule has 0 aliphatic carbocycles. The molecule has 0 amide bonds. The van der Waals surface area contributed by atoms with Crippen LogP contribution >= 0.6 is 0 Å². The summed E-state index contributed by atoms with van der Waals surface area (Å²) < 4.78 is 66.3. The maximum atomic E-state index is 12.5. The molecule has 2 aromatic heterocycles. The fourth-order valence-corrected chi connectivity index (χ4v) is 6.06. The van der Waals surface area contributed by atoms with Crippen LogP contribution in [0, 0.1) is 0 Å². The van der Waals surface area contributed by atoms with Gasteiger partial charge in [0.15, 0.2) is 15.8 Å². The van der Waals surface area contributed by atoms with Crippen molar-refractivity contribution in [1.29, 1.82) is 0 Å². The number of hydrogen-bond donors (Lipinski definition) is 5. The number of halogens is 3. The molecule has 0 saturated carbocycles. The number of ether oxygens (including phenoxy) is 1. The third-order valence-corrected chi connectivity index (χ3v) is 9.18. The minimum atomic E-state index is -4.83. The monoisotopic (exact) mass is 734 g/mol. The Balaban J connectivity index is 0.000000287. The second-order valence-electron chi connectivity index (χ2n) is 14.2. The Kier molecular flexibility index (Phi) is 13.5. The number of H-pyrrole nitrogens is 1. The van der Waals surface area contributed by atoms with Gasteiger partial charge < -0.3 is 32.2 Å². The average Bonchev–Trinajstić information content (AvgIpc) is 3.41. The van der Waals surface area contributed by atoms with E-state index in [0.717, 1.165) is 47.9 Å². The van der Waals surface area contributed by atoms with Crippen molar-refractivity contribution < 1.29 is 26.3 Å². The zero-order valence-corrected chi connectivity index (χ0v) is 30.7. The van der Waals surface area contributed by atoms with Gasteiger partial charge in [-0.05, 0) is 65.4 Å². The van der Waals surface area contributed by atoms with Crippen molar-refractivity contribution in [2.75, 3.05) is 25.4 Å². The summed E-state index contributed by atoms with van der Waals surface area (Å²) in [6.07, 6.45) is -2.12. The third kappa shape index (κ3) is 13.3. The zero-order chi connectivity index (χ0) is 38.2. The van der Waals surface area contributed by atoms with E-state index in [1.165, 1.54) is 6.07 Å². The standard InChI is InChI=1S/C21H29N7O.C14H20F3NO3S/c1-21(2,3)17-11-15-13-28(20(29)27-18(15)26-17)16-7-5-14(6-8-16)12-24-9-4-10-25-19(22)23;1-13(2,3)11-6-10(9-22(19,20)5-4-18)7-12(8-11)21-14(15,16)17/h5-8,11,13,24H,4,9-10,12H2,1-3H3,(H4,22,23,25)(H,26,27,29);6-8H,4-5,9,18H2,1-3H3. The molecule has 0 bridgehead atoms. The van der Waals surface area contributed by atoms with Crippen LogP contribution in [0.1, 0.15) is 70.3 Å². The Hall–Kier alpha value is -4.41. The van der Waals surface area contributed by atoms with Gasteiger partial charge in [0.05, 0.1) is 17.2 Å². The van der Waals surface area contributed by atoms with Crippen LogP contribution in [-0.2, 0) is 33.0 Å². The van der Waals surface area contributed by atoms with Gasteiger partial charge in [-0.25, -0.2) is 13.2 Å². The summed E-state index contributed by atoms with van der Waals surface area (Å²) in [4.78, 5) is 23.9. The lowest BCUT2D eigenvalue weighted by atomic mass is 9.86. The van der Waals surface area contributed by atoms with E-state index in [1.807, 2.05) is 51.2 Å². The molecule has 0 aliphatic heterocycles. The molecule has 2 heterocycles. The first-order valence-corrected chi connectivity index (χ1v) is 18.2. The van der Waals surface area contributed by atoms with E-state index in [0.29, 0.717) is 17.8 Å². The highest BCUT2D eigenvalue weighted by Crippen LogP contribution is 2.31. The van der Waals surface area contributed by atoms with Crippen LogP contribution in [0.4, 0.5) is 13.2 Å². The Labute approximate surface area is 296 Å². The van der Waals surface area contributed by atoms with E-state index in [9.17, 15) is 26.4 Å². The van der Waals surface area contributed by atoms with E-state index in [-0.39, 0.29) is 40.7 Å². The highest BCUT2D eigenvalue weighted by molar-refractivity contribution is 7.90. The fourth-order valence-electron chi connectivity index (χ4n) is 4.88. The van der Waals surface area contributed by atoms with Crippen LogP contribution in [-0.4, -0.2) is 60.7 Å². The normalized spacial score (nSPS) is 12.4. The first kappa shape index (κ1) is 41.0. The SMILES string of the molecule is CC(C)(C)c1cc(CS(=O)(=O)CCN)cc(OC(F)(F)F)c1.CC(C)(C)c1cc2cn(-c3ccc(CNCCCN=C(N)N)cc3)c(=O)nc2[nH]1. The van der Waals surface area contributed by atoms with Gasteiger partial charge in [0.2, 0.25) is 0 Å². The molecule has 12 nitrogen and oxygen atoms in total. The van der Waals surface area contributed by atoms with Gasteiger partial charge in [-0.2, -0.15) is 4.98 Å². The Bertz CT molecular complexity index is 1950. The molecule has 8 N–H and O–H groups in total. The van der Waals surface area contributed by atoms with Gasteiger partial charge in [0.25, 0.3) is 0 Å². The average molecular weight is 735 g/mol. The van der Waals surface area contributed by atoms with Gasteiger partial charge >= 0.3 is 12.1 Å². The molecule has 0 fully saturated rings. The maximum Gasteiger partial charge on any atom is 0.573 e. The zero-order valence-electron chi connectivity index (χ0n) is 29.9. The number of benzene rings is 2. The van der Waals surface area contributed by atoms with E-state index in [1.54, 1.807) is 10.6 Å². The van der Waals surface area contributed by atoms with Crippen LogP contribution in [0.15, 0.2) is 64.5 Å². The molecular formula is C35H49F3N8O4S. The number of nitrogens with zero attached hydrogens (tertiary/aromatic N) is 3. The van der Waals surface area contributed by atoms with Crippen LogP contribution in [0.5, 0.6) is 5.75 Å². The lowest BCUT2D eigenvalue weighted by molar-refractivity contribution is -0.274. The summed E-state index contributed by atoms with van der Waals surface area (Å²) in [5.74, 6) is -0.888. The first-order chi connectivity index (χ1) is 23.6. The number of sulfone groups is 1. The second-order valence-corrected chi connectivity index (χ2v) is 16.4. The lowest BCUT2D eigenvalue weighted by Crippen LogP contribution is -2.23. The summed E-state index contributed by atoms with van der Waals surface area (Å²) in [5, 5.41) is 4.27. The molecular weight excluding hydrogens is 685 g/mol. The van der Waals surface area contributed by atoms with Crippen molar-refractivity contribution >= 4 is 26.8 Å². The fraction of sp³-hybridized carbons (Fsp3) is 0.457. The number of aromatic nitrogens is 3. The molecule has 4 rings (SSSR count). The summed E-state index contributed by atoms with van der Waals surface area (Å²) in [6.45, 7) is 14.0. The van der Waals surface area contributed by atoms with Gasteiger partial charge in [0.1, 0.15) is 11.4 Å². The van der Waals surface area contributed by atoms with Crippen LogP contribution < -0.4 is 32.9 Å². The summed E-state index contributed by atoms with van der Waals surface area (Å²) in [5.41, 5.74) is 19.5. The Morgan fingerprint density at radius 3 is 2.22 bits per heavy atom. The predicted octanol–water partition coefficient (Wildman–Crippen LogP) is 4.52. The molecule has 51 heavy (non-hydrogen) atoms. The Morgan fingerprint density at radius 2 is 1.65 bits per heavy atom. The number of aliphatic imine (C=N–C) groups is 1. The number of rotatable bonds is 12. The van der Waals surface area contributed by atoms with Crippen molar-refractivity contribution in [1.82, 2.24) is 19.9 Å². The van der Waals surface area contributed by atoms with Crippen molar-refractivity contribution in [2.24, 2.45) is 22.2 Å². The largest absolute Gasteiger partial charge is 0.573 e. The minimum Gasteiger partial charge on any atom is -0.406 e. The quantitative estimate of drug-likeness (QED) is 0.0790. The molecule has 0 unspecified atom stereocenters. The van der Waals surface area contributed by atoms with E-state index in [4.69, 9.17) is 17.2 Å². The van der Waals surface area contributed by atoms with Crippen LogP contribution in [0.3, 0.4) is 0 Å². The molecule has 280 valence electrons. The third-order valence-electron chi connectivity index (χ3n) is 7.55. The summed E-state index contributed by atoms with van der Waals surface area (Å²) >= 11 is 0. The van der Waals surface area contributed by atoms with Crippen LogP contribution in [0.2, 0.25) is 0 Å². The van der Waals surface area contributed by atoms with Gasteiger partial charge in [-0.3, -0.25) is 9.56 Å². The van der Waals surface area contributed by atoms with Crippen molar-refractivity contribution in [2.45, 2.75) is 77.5 Å². The van der Waals surface area contributed by atoms with E-state index in [2.05, 4.69) is 51.9 Å². The van der Waals surface area contributed by atoms with E-state index >= 15 is 0 Å². The first-order valence-electron chi connectivity index (χ1n) is 16.4. The van der Waals surface area contributed by atoms with Gasteiger partial charge in [-0.1, -0.05) is 59.7 Å². The number of alkyl halides is 3. The van der Waals surface area contributed by atoms with Crippen molar-refractivity contribution in [3.05, 3.63) is 87.6 Å². The Morgan fingerprint density at radius 1 is 0.980 bits per heavy atom. The molecule has 0 atom stereocenters. The highest BCUT2D eigenvalue weighted by Gasteiger charge is 2.32. The molecule has 0 saturated heterocycles. The summed E-state index contributed by atoms with van der Waals surface area (Å²) in [6, 6.07) is 13.9. The van der Waals surface area contributed by atoms with Crippen molar-refractivity contribution in [3.63, 3.8) is 0 Å². The number of fused-ring (bicyclic) bond motifs is 1. The number of nitrogens with one attached hydrogen (secondary N) is 2. The lowest BCUT2D eigenvalue weighted by Gasteiger charge is -2.21. The number of guanidine groups is 1. The molecule has 0 radical (unpaired) electrons. The van der Waals surface area contributed by atoms with Crippen molar-refractivity contribution in [3.8, 4) is 11.4 Å². The maximum absolute atomic E-state index is 12.5. The number of aromatic amines is 1.